The molecule has 0 amide bonds. The number of aromatic nitrogens is 2. The molecule has 0 bridgehead atoms. The molecule has 2 N–H and O–H groups in total. The first-order chi connectivity index (χ1) is 9.31. The summed E-state index contributed by atoms with van der Waals surface area (Å²) in [6, 6.07) is 0. The second kappa shape index (κ2) is 14.5. The number of rotatable bonds is 6. The van der Waals surface area contributed by atoms with Crippen molar-refractivity contribution >= 4 is 0 Å². The molecule has 1 heterocycles. The van der Waals surface area contributed by atoms with Gasteiger partial charge in [-0.15, -0.1) is 0 Å². The molecule has 3 nitrogen and oxygen atoms in total. The van der Waals surface area contributed by atoms with Gasteiger partial charge in [-0.1, -0.05) is 59.1 Å². The maximum Gasteiger partial charge on any atom is 0.0951 e. The molecule has 108 valence electrons. The van der Waals surface area contributed by atoms with Crippen LogP contribution in [-0.4, -0.2) is 16.1 Å². The molecule has 1 aromatic rings. The summed E-state index contributed by atoms with van der Waals surface area (Å²) in [4.78, 5) is 4.11. The molecule has 0 aliphatic heterocycles. The van der Waals surface area contributed by atoms with Crippen molar-refractivity contribution in [1.82, 2.24) is 9.55 Å². The zero-order chi connectivity index (χ0) is 15.1. The van der Waals surface area contributed by atoms with Crippen molar-refractivity contribution < 1.29 is 0 Å². The van der Waals surface area contributed by atoms with Gasteiger partial charge in [-0.25, -0.2) is 4.98 Å². The Kier molecular flexibility index (Phi) is 15.0. The molecule has 0 saturated carbocycles. The van der Waals surface area contributed by atoms with Crippen LogP contribution in [0.25, 0.3) is 0 Å². The molecule has 0 fully saturated rings. The molecule has 19 heavy (non-hydrogen) atoms. The van der Waals surface area contributed by atoms with Crippen LogP contribution >= 0.6 is 0 Å². The molecule has 0 aliphatic carbocycles. The van der Waals surface area contributed by atoms with Gasteiger partial charge in [0.25, 0.3) is 0 Å². The quantitative estimate of drug-likeness (QED) is 0.795. The number of nitrogens with two attached hydrogens (primary N) is 1. The van der Waals surface area contributed by atoms with E-state index in [-0.39, 0.29) is 0 Å². The van der Waals surface area contributed by atoms with Crippen LogP contribution in [-0.2, 0) is 13.0 Å². The van der Waals surface area contributed by atoms with Crippen LogP contribution in [0.3, 0.4) is 0 Å². The second-order valence-electron chi connectivity index (χ2n) is 3.23. The summed E-state index contributed by atoms with van der Waals surface area (Å²) < 4.78 is 2.07. The van der Waals surface area contributed by atoms with Crippen LogP contribution in [0.1, 0.15) is 33.4 Å². The van der Waals surface area contributed by atoms with Gasteiger partial charge in [0.1, 0.15) is 0 Å². The van der Waals surface area contributed by atoms with E-state index in [1.165, 1.54) is 0 Å². The molecule has 0 aliphatic rings. The number of nitrogens with zero attached hydrogens (tertiary/aromatic N) is 2. The van der Waals surface area contributed by atoms with Gasteiger partial charge in [-0.2, -0.15) is 0 Å². The molecular formula is C16H29N3. The van der Waals surface area contributed by atoms with Crippen LogP contribution in [0.2, 0.25) is 0 Å². The largest absolute Gasteiger partial charge is 0.330 e. The summed E-state index contributed by atoms with van der Waals surface area (Å²) >= 11 is 0. The SMILES string of the molecule is C=C/C=C(\C=C)Cn1cncc1CCN.CC.CC. The van der Waals surface area contributed by atoms with Crippen molar-refractivity contribution in [3.63, 3.8) is 0 Å². The fourth-order valence-electron chi connectivity index (χ4n) is 1.38. The Morgan fingerprint density at radius 3 is 2.42 bits per heavy atom. The third-order valence-electron chi connectivity index (χ3n) is 2.15. The zero-order valence-corrected chi connectivity index (χ0v) is 12.9. The highest BCUT2D eigenvalue weighted by Gasteiger charge is 2.01. The molecule has 1 rings (SSSR count). The smallest absolute Gasteiger partial charge is 0.0951 e. The molecule has 0 saturated heterocycles. The van der Waals surface area contributed by atoms with E-state index in [1.807, 2.05) is 52.4 Å². The first kappa shape index (κ1) is 19.7. The molecule has 0 spiro atoms. The summed E-state index contributed by atoms with van der Waals surface area (Å²) in [5.41, 5.74) is 7.78. The van der Waals surface area contributed by atoms with Crippen molar-refractivity contribution in [1.29, 1.82) is 0 Å². The van der Waals surface area contributed by atoms with Crippen molar-refractivity contribution in [2.45, 2.75) is 40.7 Å². The predicted octanol–water partition coefficient (Wildman–Crippen LogP) is 3.74. The molecule has 0 aromatic carbocycles. The standard InChI is InChI=1S/C12H17N3.2C2H6/c1-3-5-11(4-2)9-15-10-14-8-12(15)6-7-13;2*1-2/h3-5,8,10H,1-2,6-7,9,13H2;2*1-2H3/b11-5+;;. The number of hydrogen-bond acceptors (Lipinski definition) is 2. The highest BCUT2D eigenvalue weighted by Crippen LogP contribution is 2.06. The van der Waals surface area contributed by atoms with Crippen LogP contribution < -0.4 is 5.73 Å². The summed E-state index contributed by atoms with van der Waals surface area (Å²) in [5, 5.41) is 0. The molecule has 0 atom stereocenters. The number of hydrogen-bond donors (Lipinski definition) is 1. The fraction of sp³-hybridized carbons (Fsp3) is 0.438. The van der Waals surface area contributed by atoms with E-state index in [9.17, 15) is 0 Å². The lowest BCUT2D eigenvalue weighted by atomic mass is 10.2. The van der Waals surface area contributed by atoms with Gasteiger partial charge in [-0.3, -0.25) is 0 Å². The van der Waals surface area contributed by atoms with E-state index < -0.39 is 0 Å². The van der Waals surface area contributed by atoms with E-state index >= 15 is 0 Å². The Hall–Kier alpha value is -1.61. The van der Waals surface area contributed by atoms with Crippen LogP contribution in [0.4, 0.5) is 0 Å². The van der Waals surface area contributed by atoms with E-state index in [2.05, 4.69) is 22.7 Å². The maximum absolute atomic E-state index is 5.52. The Morgan fingerprint density at radius 2 is 1.95 bits per heavy atom. The van der Waals surface area contributed by atoms with E-state index in [0.717, 1.165) is 24.2 Å². The van der Waals surface area contributed by atoms with Crippen molar-refractivity contribution in [2.75, 3.05) is 6.54 Å². The van der Waals surface area contributed by atoms with Crippen LogP contribution in [0, 0.1) is 0 Å². The van der Waals surface area contributed by atoms with E-state index in [0.29, 0.717) is 6.54 Å². The predicted molar refractivity (Wildman–Crippen MR) is 86.2 cm³/mol. The van der Waals surface area contributed by atoms with Gasteiger partial charge in [0.05, 0.1) is 6.33 Å². The average molecular weight is 263 g/mol. The summed E-state index contributed by atoms with van der Waals surface area (Å²) in [5.74, 6) is 0. The van der Waals surface area contributed by atoms with Crippen LogP contribution in [0.5, 0.6) is 0 Å². The molecule has 1 aromatic heterocycles. The van der Waals surface area contributed by atoms with Crippen molar-refractivity contribution in [3.05, 3.63) is 55.2 Å². The Bertz CT molecular complexity index is 362. The minimum absolute atomic E-state index is 0.639. The summed E-state index contributed by atoms with van der Waals surface area (Å²) in [6.07, 6.45) is 10.0. The van der Waals surface area contributed by atoms with E-state index in [1.54, 1.807) is 6.08 Å². The zero-order valence-electron chi connectivity index (χ0n) is 12.9. The summed E-state index contributed by atoms with van der Waals surface area (Å²) in [6.45, 7) is 16.8. The van der Waals surface area contributed by atoms with Gasteiger partial charge in [0, 0.05) is 24.9 Å². The van der Waals surface area contributed by atoms with Crippen molar-refractivity contribution in [3.8, 4) is 0 Å². The highest BCUT2D eigenvalue weighted by atomic mass is 15.0. The Balaban J connectivity index is 0. The molecule has 3 heteroatoms. The lowest BCUT2D eigenvalue weighted by Gasteiger charge is -2.07. The Labute approximate surface area is 118 Å². The number of imidazole rings is 1. The molecule has 0 unspecified atom stereocenters. The lowest BCUT2D eigenvalue weighted by molar-refractivity contribution is 0.733. The average Bonchev–Trinajstić information content (AvgIpc) is 2.90. The van der Waals surface area contributed by atoms with Gasteiger partial charge < -0.3 is 10.3 Å². The third-order valence-corrected chi connectivity index (χ3v) is 2.15. The van der Waals surface area contributed by atoms with Crippen LogP contribution in [0.15, 0.2) is 49.5 Å². The van der Waals surface area contributed by atoms with E-state index in [4.69, 9.17) is 5.73 Å². The first-order valence-corrected chi connectivity index (χ1v) is 6.95. The topological polar surface area (TPSA) is 43.8 Å². The normalized spacial score (nSPS) is 9.63. The lowest BCUT2D eigenvalue weighted by Crippen LogP contribution is -2.09. The van der Waals surface area contributed by atoms with Gasteiger partial charge >= 0.3 is 0 Å². The second-order valence-corrected chi connectivity index (χ2v) is 3.23. The summed E-state index contributed by atoms with van der Waals surface area (Å²) in [7, 11) is 0. The first-order valence-electron chi connectivity index (χ1n) is 6.95. The van der Waals surface area contributed by atoms with Gasteiger partial charge in [0.2, 0.25) is 0 Å². The fourth-order valence-corrected chi connectivity index (χ4v) is 1.38. The van der Waals surface area contributed by atoms with Gasteiger partial charge in [-0.05, 0) is 12.1 Å². The highest BCUT2D eigenvalue weighted by molar-refractivity contribution is 5.21. The minimum atomic E-state index is 0.639. The maximum atomic E-state index is 5.52. The Morgan fingerprint density at radius 1 is 1.32 bits per heavy atom. The molecule has 0 radical (unpaired) electrons. The van der Waals surface area contributed by atoms with Gasteiger partial charge in [0.15, 0.2) is 0 Å². The minimum Gasteiger partial charge on any atom is -0.330 e. The number of allylic oxidation sites excluding steroid dienone is 4. The van der Waals surface area contributed by atoms with Crippen molar-refractivity contribution in [2.24, 2.45) is 5.73 Å². The third kappa shape index (κ3) is 8.16. The molecular weight excluding hydrogens is 234 g/mol. The monoisotopic (exact) mass is 263 g/mol.